The molecule has 2 aromatic rings. The monoisotopic (exact) mass is 247 g/mol. The molecule has 1 fully saturated rings. The number of para-hydroxylation sites is 1. The Balaban J connectivity index is 1.87. The van der Waals surface area contributed by atoms with E-state index < -0.39 is 0 Å². The number of fused-ring (bicyclic) bond motifs is 1. The summed E-state index contributed by atoms with van der Waals surface area (Å²) >= 11 is 0. The summed E-state index contributed by atoms with van der Waals surface area (Å²) in [5.41, 5.74) is 2.07. The normalized spacial score (nSPS) is 16.1. The van der Waals surface area contributed by atoms with Crippen LogP contribution in [0.1, 0.15) is 11.3 Å². The molecule has 1 N–H and O–H groups in total. The Morgan fingerprint density at radius 1 is 1.33 bits per heavy atom. The minimum atomic E-state index is 0.237. The molecule has 18 heavy (non-hydrogen) atoms. The minimum Gasteiger partial charge on any atom is -0.459 e. The van der Waals surface area contributed by atoms with Crippen LogP contribution in [0.3, 0.4) is 0 Å². The number of rotatable bonds is 5. The lowest BCUT2D eigenvalue weighted by atomic mass is 10.1. The molecule has 2 heterocycles. The van der Waals surface area contributed by atoms with Crippen molar-refractivity contribution in [2.75, 3.05) is 20.3 Å². The number of furan rings is 1. The third-order valence-corrected chi connectivity index (χ3v) is 3.19. The fraction of sp³-hybridized carbons (Fsp3) is 0.429. The van der Waals surface area contributed by atoms with Crippen molar-refractivity contribution in [2.45, 2.75) is 19.3 Å². The molecule has 1 saturated heterocycles. The molecule has 0 aliphatic carbocycles. The second-order valence-electron chi connectivity index (χ2n) is 4.50. The SMILES string of the molecule is CNCc1oc2ccccc2c1COC1COC1. The van der Waals surface area contributed by atoms with Crippen molar-refractivity contribution in [1.82, 2.24) is 5.32 Å². The maximum atomic E-state index is 5.85. The van der Waals surface area contributed by atoms with Gasteiger partial charge in [-0.05, 0) is 13.1 Å². The van der Waals surface area contributed by atoms with E-state index in [1.54, 1.807) is 0 Å². The van der Waals surface area contributed by atoms with E-state index >= 15 is 0 Å². The first kappa shape index (κ1) is 11.7. The Morgan fingerprint density at radius 2 is 2.17 bits per heavy atom. The van der Waals surface area contributed by atoms with Gasteiger partial charge in [-0.3, -0.25) is 0 Å². The Labute approximate surface area is 106 Å². The van der Waals surface area contributed by atoms with E-state index in [-0.39, 0.29) is 6.10 Å². The maximum absolute atomic E-state index is 5.85. The number of benzene rings is 1. The van der Waals surface area contributed by atoms with E-state index in [1.165, 1.54) is 0 Å². The van der Waals surface area contributed by atoms with Gasteiger partial charge >= 0.3 is 0 Å². The van der Waals surface area contributed by atoms with E-state index in [4.69, 9.17) is 13.9 Å². The van der Waals surface area contributed by atoms with E-state index in [2.05, 4.69) is 11.4 Å². The lowest BCUT2D eigenvalue weighted by molar-refractivity contribution is -0.135. The predicted octanol–water partition coefficient (Wildman–Crippen LogP) is 2.07. The molecule has 0 saturated carbocycles. The van der Waals surface area contributed by atoms with E-state index in [9.17, 15) is 0 Å². The highest BCUT2D eigenvalue weighted by Gasteiger charge is 2.21. The molecular formula is C14H17NO3. The highest BCUT2D eigenvalue weighted by molar-refractivity contribution is 5.82. The summed E-state index contributed by atoms with van der Waals surface area (Å²) in [6.45, 7) is 2.71. The van der Waals surface area contributed by atoms with Crippen LogP contribution in [-0.2, 0) is 22.6 Å². The van der Waals surface area contributed by atoms with Gasteiger partial charge in [-0.2, -0.15) is 0 Å². The predicted molar refractivity (Wildman–Crippen MR) is 68.4 cm³/mol. The summed E-state index contributed by atoms with van der Waals surface area (Å²) in [6, 6.07) is 8.08. The lowest BCUT2D eigenvalue weighted by Gasteiger charge is -2.25. The van der Waals surface area contributed by atoms with Crippen LogP contribution < -0.4 is 5.32 Å². The van der Waals surface area contributed by atoms with Gasteiger partial charge in [-0.25, -0.2) is 0 Å². The Bertz CT molecular complexity index is 531. The molecule has 96 valence electrons. The molecule has 4 heteroatoms. The van der Waals surface area contributed by atoms with Gasteiger partial charge in [0.05, 0.1) is 26.4 Å². The van der Waals surface area contributed by atoms with Gasteiger partial charge in [0, 0.05) is 10.9 Å². The van der Waals surface area contributed by atoms with Crippen LogP contribution in [0.5, 0.6) is 0 Å². The van der Waals surface area contributed by atoms with Crippen molar-refractivity contribution in [3.05, 3.63) is 35.6 Å². The summed E-state index contributed by atoms with van der Waals surface area (Å²) in [4.78, 5) is 0. The summed E-state index contributed by atoms with van der Waals surface area (Å²) in [5, 5.41) is 4.27. The first-order valence-electron chi connectivity index (χ1n) is 6.21. The van der Waals surface area contributed by atoms with Gasteiger partial charge in [-0.1, -0.05) is 18.2 Å². The lowest BCUT2D eigenvalue weighted by Crippen LogP contribution is -2.35. The van der Waals surface area contributed by atoms with Gasteiger partial charge in [0.15, 0.2) is 0 Å². The van der Waals surface area contributed by atoms with E-state index in [1.807, 2.05) is 25.2 Å². The topological polar surface area (TPSA) is 43.6 Å². The number of hydrogen-bond donors (Lipinski definition) is 1. The Kier molecular flexibility index (Phi) is 3.32. The van der Waals surface area contributed by atoms with Gasteiger partial charge < -0.3 is 19.2 Å². The zero-order chi connectivity index (χ0) is 12.4. The third-order valence-electron chi connectivity index (χ3n) is 3.19. The van der Waals surface area contributed by atoms with Crippen molar-refractivity contribution in [3.63, 3.8) is 0 Å². The van der Waals surface area contributed by atoms with Crippen LogP contribution in [0.15, 0.2) is 28.7 Å². The average molecular weight is 247 g/mol. The van der Waals surface area contributed by atoms with Crippen LogP contribution in [-0.4, -0.2) is 26.4 Å². The molecule has 0 bridgehead atoms. The van der Waals surface area contributed by atoms with Crippen LogP contribution in [0.4, 0.5) is 0 Å². The molecule has 0 atom stereocenters. The Morgan fingerprint density at radius 3 is 2.89 bits per heavy atom. The van der Waals surface area contributed by atoms with E-state index in [0.717, 1.165) is 22.3 Å². The highest BCUT2D eigenvalue weighted by atomic mass is 16.6. The molecule has 0 amide bonds. The van der Waals surface area contributed by atoms with E-state index in [0.29, 0.717) is 26.4 Å². The summed E-state index contributed by atoms with van der Waals surface area (Å²) in [7, 11) is 1.91. The van der Waals surface area contributed by atoms with Gasteiger partial charge in [0.1, 0.15) is 17.4 Å². The fourth-order valence-corrected chi connectivity index (χ4v) is 2.12. The molecular weight excluding hydrogens is 230 g/mol. The zero-order valence-electron chi connectivity index (χ0n) is 10.4. The molecule has 1 aromatic carbocycles. The van der Waals surface area contributed by atoms with Gasteiger partial charge in [-0.15, -0.1) is 0 Å². The first-order valence-corrected chi connectivity index (χ1v) is 6.21. The largest absolute Gasteiger partial charge is 0.459 e. The van der Waals surface area contributed by atoms with Crippen molar-refractivity contribution in [1.29, 1.82) is 0 Å². The number of hydrogen-bond acceptors (Lipinski definition) is 4. The minimum absolute atomic E-state index is 0.237. The second-order valence-corrected chi connectivity index (χ2v) is 4.50. The fourth-order valence-electron chi connectivity index (χ4n) is 2.12. The summed E-state index contributed by atoms with van der Waals surface area (Å²) < 4.78 is 16.8. The molecule has 4 nitrogen and oxygen atoms in total. The van der Waals surface area contributed by atoms with Crippen molar-refractivity contribution >= 4 is 11.0 Å². The highest BCUT2D eigenvalue weighted by Crippen LogP contribution is 2.27. The number of ether oxygens (including phenoxy) is 2. The second kappa shape index (κ2) is 5.10. The molecule has 0 spiro atoms. The van der Waals surface area contributed by atoms with Gasteiger partial charge in [0.2, 0.25) is 0 Å². The van der Waals surface area contributed by atoms with Crippen molar-refractivity contribution in [3.8, 4) is 0 Å². The zero-order valence-corrected chi connectivity index (χ0v) is 10.4. The summed E-state index contributed by atoms with van der Waals surface area (Å²) in [6.07, 6.45) is 0.237. The van der Waals surface area contributed by atoms with Gasteiger partial charge in [0.25, 0.3) is 0 Å². The molecule has 0 radical (unpaired) electrons. The summed E-state index contributed by atoms with van der Waals surface area (Å²) in [5.74, 6) is 0.957. The van der Waals surface area contributed by atoms with Crippen LogP contribution in [0.25, 0.3) is 11.0 Å². The van der Waals surface area contributed by atoms with Crippen molar-refractivity contribution in [2.24, 2.45) is 0 Å². The van der Waals surface area contributed by atoms with Crippen LogP contribution >= 0.6 is 0 Å². The van der Waals surface area contributed by atoms with Crippen LogP contribution in [0.2, 0.25) is 0 Å². The number of nitrogens with one attached hydrogen (secondary N) is 1. The maximum Gasteiger partial charge on any atom is 0.134 e. The molecule has 3 rings (SSSR count). The standard InChI is InChI=1S/C14H17NO3/c1-15-6-14-12(9-17-10-7-16-8-10)11-4-2-3-5-13(11)18-14/h2-5,10,15H,6-9H2,1H3. The smallest absolute Gasteiger partial charge is 0.134 e. The van der Waals surface area contributed by atoms with Crippen molar-refractivity contribution < 1.29 is 13.9 Å². The van der Waals surface area contributed by atoms with Crippen LogP contribution in [0, 0.1) is 0 Å². The quantitative estimate of drug-likeness (QED) is 0.878. The average Bonchev–Trinajstić information content (AvgIpc) is 2.66. The first-order chi connectivity index (χ1) is 8.88. The molecule has 1 aliphatic heterocycles. The molecule has 1 aliphatic rings. The molecule has 1 aromatic heterocycles. The Hall–Kier alpha value is -1.36. The molecule has 0 unspecified atom stereocenters. The third kappa shape index (κ3) is 2.14.